The number of aromatic hydroxyl groups is 1. The molecule has 2 aromatic heterocycles. The van der Waals surface area contributed by atoms with Crippen molar-refractivity contribution in [3.63, 3.8) is 0 Å². The highest BCUT2D eigenvalue weighted by molar-refractivity contribution is 6.01. The molecule has 0 amide bonds. The molecular weight excluding hydrogens is 755 g/mol. The number of imidazole rings is 1. The molecule has 0 aliphatic carbocycles. The van der Waals surface area contributed by atoms with Crippen molar-refractivity contribution < 1.29 is 5.11 Å². The van der Waals surface area contributed by atoms with E-state index < -0.39 is 0 Å². The van der Waals surface area contributed by atoms with Crippen molar-refractivity contribution in [1.82, 2.24) is 14.5 Å². The maximum Gasteiger partial charge on any atom is 0.144 e. The van der Waals surface area contributed by atoms with Crippen LogP contribution in [0.3, 0.4) is 0 Å². The molecule has 0 aliphatic heterocycles. The van der Waals surface area contributed by atoms with E-state index >= 15 is 0 Å². The number of fused-ring (bicyclic) bond motifs is 1. The third-order valence-electron chi connectivity index (χ3n) is 12.2. The maximum absolute atomic E-state index is 12.2. The maximum atomic E-state index is 12.2. The summed E-state index contributed by atoms with van der Waals surface area (Å²) in [7, 11) is 2.08. The van der Waals surface area contributed by atoms with Crippen LogP contribution in [0.4, 0.5) is 0 Å². The minimum Gasteiger partial charge on any atom is -0.507 e. The highest BCUT2D eigenvalue weighted by Crippen LogP contribution is 2.46. The highest BCUT2D eigenvalue weighted by atomic mass is 16.3. The van der Waals surface area contributed by atoms with Gasteiger partial charge in [-0.1, -0.05) is 153 Å². The number of phenolic OH excluding ortho intramolecular Hbond substituents is 1. The van der Waals surface area contributed by atoms with Crippen LogP contribution in [-0.4, -0.2) is 19.6 Å². The monoisotopic (exact) mass is 813 g/mol. The molecule has 0 unspecified atom stereocenters. The summed E-state index contributed by atoms with van der Waals surface area (Å²) in [6.45, 7) is 26.2. The summed E-state index contributed by atoms with van der Waals surface area (Å²) in [6.07, 6.45) is 1.87. The van der Waals surface area contributed by atoms with Crippen LogP contribution >= 0.6 is 0 Å². The van der Waals surface area contributed by atoms with Crippen LogP contribution in [0.1, 0.15) is 91.5 Å². The number of hydrogen-bond donors (Lipinski definition) is 1. The van der Waals surface area contributed by atoms with Gasteiger partial charge in [0.2, 0.25) is 0 Å². The lowest BCUT2D eigenvalue weighted by atomic mass is 9.79. The van der Waals surface area contributed by atoms with E-state index in [2.05, 4.69) is 208 Å². The first kappa shape index (κ1) is 42.2. The molecule has 312 valence electrons. The molecule has 1 N–H and O–H groups in total. The highest BCUT2D eigenvalue weighted by Gasteiger charge is 2.28. The second-order valence-electron chi connectivity index (χ2n) is 20.1. The molecule has 0 saturated carbocycles. The lowest BCUT2D eigenvalue weighted by molar-refractivity contribution is 0.446. The fourth-order valence-electron chi connectivity index (χ4n) is 8.41. The molecule has 0 spiro atoms. The second-order valence-corrected chi connectivity index (χ2v) is 20.1. The Hall–Kier alpha value is -6.52. The topological polar surface area (TPSA) is 50.9 Å². The second kappa shape index (κ2) is 15.7. The molecule has 62 heavy (non-hydrogen) atoms. The van der Waals surface area contributed by atoms with Gasteiger partial charge in [-0.2, -0.15) is 0 Å². The zero-order chi connectivity index (χ0) is 44.3. The van der Waals surface area contributed by atoms with E-state index in [9.17, 15) is 5.11 Å². The fraction of sp³-hybridized carbons (Fsp3) is 0.241. The number of allylic oxidation sites excluding steroid dienone is 1. The molecule has 0 radical (unpaired) electrons. The van der Waals surface area contributed by atoms with Crippen molar-refractivity contribution in [3.05, 3.63) is 168 Å². The molecule has 6 aromatic carbocycles. The van der Waals surface area contributed by atoms with Gasteiger partial charge in [-0.15, -0.1) is 0 Å². The summed E-state index contributed by atoms with van der Waals surface area (Å²) >= 11 is 0. The third-order valence-corrected chi connectivity index (χ3v) is 12.2. The molecule has 0 saturated heterocycles. The van der Waals surface area contributed by atoms with Crippen molar-refractivity contribution in [3.8, 4) is 72.9 Å². The molecule has 4 nitrogen and oxygen atoms in total. The van der Waals surface area contributed by atoms with Gasteiger partial charge in [0.15, 0.2) is 0 Å². The van der Waals surface area contributed by atoms with Gasteiger partial charge >= 0.3 is 0 Å². The molecule has 0 aliphatic rings. The van der Waals surface area contributed by atoms with Gasteiger partial charge < -0.3 is 9.67 Å². The van der Waals surface area contributed by atoms with Crippen molar-refractivity contribution in [2.24, 2.45) is 7.05 Å². The molecule has 0 fully saturated rings. The Balaban J connectivity index is 1.50. The van der Waals surface area contributed by atoms with Gasteiger partial charge in [0, 0.05) is 29.9 Å². The minimum absolute atomic E-state index is 0.0683. The number of nitrogens with zero attached hydrogens (tertiary/aromatic N) is 3. The van der Waals surface area contributed by atoms with Gasteiger partial charge in [-0.25, -0.2) is 4.98 Å². The summed E-state index contributed by atoms with van der Waals surface area (Å²) in [5, 5.41) is 12.2. The van der Waals surface area contributed by atoms with Crippen molar-refractivity contribution >= 4 is 16.6 Å². The van der Waals surface area contributed by atoms with Crippen LogP contribution in [0.2, 0.25) is 0 Å². The normalized spacial score (nSPS) is 12.2. The molecule has 0 bridgehead atoms. The number of rotatable bonds is 7. The predicted octanol–water partition coefficient (Wildman–Crippen LogP) is 15.6. The Morgan fingerprint density at radius 1 is 0.532 bits per heavy atom. The van der Waals surface area contributed by atoms with E-state index in [1.54, 1.807) is 0 Å². The van der Waals surface area contributed by atoms with Gasteiger partial charge in [-0.05, 0) is 133 Å². The van der Waals surface area contributed by atoms with Gasteiger partial charge in [0.25, 0.3) is 0 Å². The van der Waals surface area contributed by atoms with Crippen LogP contribution in [-0.2, 0) is 23.3 Å². The summed E-state index contributed by atoms with van der Waals surface area (Å²) in [5.41, 5.74) is 18.1. The Kier molecular flexibility index (Phi) is 10.7. The average Bonchev–Trinajstić information content (AvgIpc) is 3.57. The Morgan fingerprint density at radius 2 is 1.13 bits per heavy atom. The quantitative estimate of drug-likeness (QED) is 0.174. The van der Waals surface area contributed by atoms with Crippen molar-refractivity contribution in [1.29, 1.82) is 0 Å². The third kappa shape index (κ3) is 8.14. The zero-order valence-electron chi connectivity index (χ0n) is 38.3. The fourth-order valence-corrected chi connectivity index (χ4v) is 8.41. The molecular formula is C58H59N3O. The van der Waals surface area contributed by atoms with Gasteiger partial charge in [-0.3, -0.25) is 4.98 Å². The lowest BCUT2D eigenvalue weighted by Crippen LogP contribution is -2.17. The lowest BCUT2D eigenvalue weighted by Gasteiger charge is -2.27. The molecule has 2 heterocycles. The smallest absolute Gasteiger partial charge is 0.144 e. The number of phenols is 1. The van der Waals surface area contributed by atoms with Crippen LogP contribution < -0.4 is 0 Å². The van der Waals surface area contributed by atoms with Gasteiger partial charge in [0.05, 0.1) is 22.3 Å². The minimum atomic E-state index is -0.293. The van der Waals surface area contributed by atoms with Gasteiger partial charge in [0.1, 0.15) is 11.6 Å². The van der Waals surface area contributed by atoms with Crippen molar-refractivity contribution in [2.45, 2.75) is 85.5 Å². The Bertz CT molecular complexity index is 2990. The molecule has 4 heteroatoms. The number of pyridine rings is 1. The SMILES string of the molecule is C=C(C)c1ccnc(-c2cc(-c3ccccc3)cc(-c3cc(-c4cc(C(C)(C)C)ccc4-c4ccccc4)cc4c3nc(-c3cc(C(C)(C)C)cc(C(C)(C)C)c3O)n4C)c2)c1. The van der Waals surface area contributed by atoms with E-state index in [1.165, 1.54) is 5.56 Å². The largest absolute Gasteiger partial charge is 0.507 e. The van der Waals surface area contributed by atoms with Crippen LogP contribution in [0, 0.1) is 0 Å². The van der Waals surface area contributed by atoms with Crippen LogP contribution in [0.15, 0.2) is 146 Å². The summed E-state index contributed by atoms with van der Waals surface area (Å²) < 4.78 is 2.17. The van der Waals surface area contributed by atoms with E-state index in [0.717, 1.165) is 100 Å². The van der Waals surface area contributed by atoms with E-state index in [-0.39, 0.29) is 22.0 Å². The first-order chi connectivity index (χ1) is 29.3. The number of hydrogen-bond acceptors (Lipinski definition) is 3. The standard InChI is InChI=1S/C58H59N3O/c1-36(2)39-25-26-59-51(31-39)43-28-40(37-19-15-13-16-20-37)27-41(29-43)48-30-42(47-33-44(56(3,4)5)23-24-46(47)38-21-17-14-18-22-38)32-52-53(48)60-55(61(52)12)49-34-45(57(6,7)8)35-50(54(49)62)58(9,10)11/h13-35,62H,1H2,2-12H3. The molecule has 0 atom stereocenters. The van der Waals surface area contributed by atoms with Crippen molar-refractivity contribution in [2.75, 3.05) is 0 Å². The van der Waals surface area contributed by atoms with E-state index in [1.807, 2.05) is 19.2 Å². The van der Waals surface area contributed by atoms with E-state index in [0.29, 0.717) is 0 Å². The summed E-state index contributed by atoms with van der Waals surface area (Å²) in [4.78, 5) is 10.5. The zero-order valence-corrected chi connectivity index (χ0v) is 38.3. The number of benzene rings is 6. The van der Waals surface area contributed by atoms with Crippen LogP contribution in [0.5, 0.6) is 5.75 Å². The first-order valence-electron chi connectivity index (χ1n) is 21.7. The predicted molar refractivity (Wildman–Crippen MR) is 264 cm³/mol. The number of aryl methyl sites for hydroxylation is 1. The first-order valence-corrected chi connectivity index (χ1v) is 21.7. The van der Waals surface area contributed by atoms with E-state index in [4.69, 9.17) is 9.97 Å². The Morgan fingerprint density at radius 3 is 1.76 bits per heavy atom. The summed E-state index contributed by atoms with van der Waals surface area (Å²) in [6, 6.07) is 48.0. The molecule has 8 rings (SSSR count). The number of aromatic nitrogens is 3. The molecule has 8 aromatic rings. The average molecular weight is 814 g/mol. The summed E-state index contributed by atoms with van der Waals surface area (Å²) in [5.74, 6) is 0.987. The Labute approximate surface area is 368 Å². The van der Waals surface area contributed by atoms with Crippen LogP contribution in [0.25, 0.3) is 83.8 Å².